The van der Waals surface area contributed by atoms with Gasteiger partial charge in [0.25, 0.3) is 5.91 Å². The second-order valence-corrected chi connectivity index (χ2v) is 23.9. The number of anilines is 2. The van der Waals surface area contributed by atoms with Crippen molar-refractivity contribution in [2.75, 3.05) is 51.6 Å². The number of primary amides is 1. The van der Waals surface area contributed by atoms with E-state index in [4.69, 9.17) is 52.6 Å². The number of halogens is 3. The molecule has 2 unspecified atom stereocenters. The molecule has 2 fully saturated rings. The number of esters is 1. The molecule has 0 saturated carbocycles. The smallest absolute Gasteiger partial charge is 0.328 e. The zero-order chi connectivity index (χ0) is 65.1. The molecule has 28 heteroatoms. The molecule has 0 spiro atoms. The van der Waals surface area contributed by atoms with Gasteiger partial charge in [-0.15, -0.1) is 0 Å². The highest BCUT2D eigenvalue weighted by atomic mass is 35.5. The maximum absolute atomic E-state index is 16.2. The van der Waals surface area contributed by atoms with Gasteiger partial charge < -0.3 is 80.7 Å². The summed E-state index contributed by atoms with van der Waals surface area (Å²) in [5.74, 6) is -6.93. The second kappa shape index (κ2) is 30.6. The summed E-state index contributed by atoms with van der Waals surface area (Å²) in [4.78, 5) is 111. The summed E-state index contributed by atoms with van der Waals surface area (Å²) in [6.45, 7) is 10.2. The molecule has 88 heavy (non-hydrogen) atoms. The highest BCUT2D eigenvalue weighted by Crippen LogP contribution is 2.49. The van der Waals surface area contributed by atoms with Crippen molar-refractivity contribution < 1.29 is 81.8 Å². The highest BCUT2D eigenvalue weighted by Gasteiger charge is 2.64. The van der Waals surface area contributed by atoms with Gasteiger partial charge in [-0.1, -0.05) is 74.2 Å². The Labute approximate surface area is 520 Å². The number of carbonyl (C=O) groups excluding carboxylic acids is 8. The van der Waals surface area contributed by atoms with Crippen LogP contribution in [0.3, 0.4) is 0 Å². The fourth-order valence-corrected chi connectivity index (χ4v) is 11.4. The number of epoxide rings is 1. The maximum Gasteiger partial charge on any atom is 0.328 e. The van der Waals surface area contributed by atoms with E-state index < -0.39 is 143 Å². The summed E-state index contributed by atoms with van der Waals surface area (Å²) in [7, 11) is 5.58. The van der Waals surface area contributed by atoms with Crippen LogP contribution in [0.25, 0.3) is 0 Å². The number of aliphatic hydroxyl groups excluding tert-OH is 2. The first-order valence-corrected chi connectivity index (χ1v) is 29.8. The topological polar surface area (TPSA) is 343 Å². The predicted molar refractivity (Wildman–Crippen MR) is 322 cm³/mol. The number of carbonyl (C=O) groups is 8. The lowest BCUT2D eigenvalue weighted by atomic mass is 9.83. The lowest BCUT2D eigenvalue weighted by Crippen LogP contribution is -2.65. The average molecular weight is 1280 g/mol. The number of unbranched alkanes of at least 4 members (excludes halogenated alkanes) is 2. The minimum absolute atomic E-state index is 0.00147. The van der Waals surface area contributed by atoms with Gasteiger partial charge in [-0.25, -0.2) is 19.3 Å². The number of ether oxygens (including phenoxy) is 5. The molecule has 4 aliphatic heterocycles. The van der Waals surface area contributed by atoms with Gasteiger partial charge in [-0.3, -0.25) is 28.8 Å². The molecule has 2 saturated heterocycles. The van der Waals surface area contributed by atoms with Gasteiger partial charge in [0.2, 0.25) is 35.9 Å². The zero-order valence-electron chi connectivity index (χ0n) is 51.0. The van der Waals surface area contributed by atoms with Gasteiger partial charge in [0.05, 0.1) is 47.7 Å². The van der Waals surface area contributed by atoms with Crippen LogP contribution in [0.2, 0.25) is 10.0 Å². The SMILES string of the molecule is COc1cc2cc(c1Cl)N(C)C(=O)C[C@H](OC(=O)[C@H](C)N(C)C(=O)c1cc(F)c(NC(=O)[C@H](CCCNC(N)=O)NC(=O)[C@@H](NC(=O)CCCCCN3C(=O)C=CC3O)C(C)C)cc1Cl)[C@]1(C)O[C@H]1[C@H](C)[C@@H]1C[C@@](O)(NC(O)O1)[C@H](OC)/C=C/C=C(\C)C2. The van der Waals surface area contributed by atoms with Gasteiger partial charge in [-0.2, -0.15) is 0 Å². The van der Waals surface area contributed by atoms with Gasteiger partial charge in [0.15, 0.2) is 5.72 Å². The van der Waals surface area contributed by atoms with Crippen LogP contribution < -0.4 is 42.0 Å². The fraction of sp³-hybridized carbons (Fsp3) is 0.567. The van der Waals surface area contributed by atoms with Crippen LogP contribution in [0.5, 0.6) is 5.75 Å². The normalized spacial score (nSPS) is 26.6. The number of aliphatic hydroxyl groups is 3. The Hall–Kier alpha value is -6.75. The molecule has 4 heterocycles. The summed E-state index contributed by atoms with van der Waals surface area (Å²) >= 11 is 13.5. The first-order chi connectivity index (χ1) is 41.4. The third-order valence-corrected chi connectivity index (χ3v) is 17.0. The Bertz CT molecular complexity index is 3030. The molecule has 6 rings (SSSR count). The Morgan fingerprint density at radius 2 is 1.72 bits per heavy atom. The number of amides is 8. The van der Waals surface area contributed by atoms with Crippen LogP contribution in [-0.4, -0.2) is 180 Å². The molecular formula is C60H82Cl2FN9O16. The molecule has 2 aromatic rings. The van der Waals surface area contributed by atoms with Crippen LogP contribution in [-0.2, 0) is 54.1 Å². The number of hydrogen-bond acceptors (Lipinski definition) is 17. The Kier molecular flexibility index (Phi) is 24.5. The van der Waals surface area contributed by atoms with Crippen molar-refractivity contribution in [3.63, 3.8) is 0 Å². The summed E-state index contributed by atoms with van der Waals surface area (Å²) in [6, 6.07) is 0.414. The largest absolute Gasteiger partial charge is 0.495 e. The van der Waals surface area contributed by atoms with Crippen LogP contribution in [0.4, 0.5) is 20.6 Å². The van der Waals surface area contributed by atoms with E-state index in [1.54, 1.807) is 52.0 Å². The number of rotatable bonds is 22. The number of likely N-dealkylation sites (N-methyl/N-ethyl adjacent to an activating group) is 1. The van der Waals surface area contributed by atoms with Crippen molar-refractivity contribution in [2.24, 2.45) is 17.6 Å². The molecule has 4 aliphatic rings. The van der Waals surface area contributed by atoms with E-state index >= 15 is 4.39 Å². The molecule has 12 atom stereocenters. The van der Waals surface area contributed by atoms with Crippen LogP contribution in [0.1, 0.15) is 109 Å². The van der Waals surface area contributed by atoms with Crippen molar-refractivity contribution in [2.45, 2.75) is 166 Å². The third kappa shape index (κ3) is 17.6. The molecule has 4 bridgehead atoms. The van der Waals surface area contributed by atoms with Gasteiger partial charge in [0, 0.05) is 59.1 Å². The number of nitrogens with two attached hydrogens (primary N) is 1. The first-order valence-electron chi connectivity index (χ1n) is 29.0. The number of hydrogen-bond donors (Lipinski definition) is 9. The van der Waals surface area contributed by atoms with E-state index in [-0.39, 0.29) is 59.6 Å². The van der Waals surface area contributed by atoms with E-state index in [1.807, 2.05) is 13.0 Å². The number of nitrogens with zero attached hydrogens (tertiary/aromatic N) is 3. The van der Waals surface area contributed by atoms with Gasteiger partial charge >= 0.3 is 12.0 Å². The Morgan fingerprint density at radius 3 is 2.36 bits per heavy atom. The molecule has 2 aromatic carbocycles. The highest BCUT2D eigenvalue weighted by molar-refractivity contribution is 6.35. The zero-order valence-corrected chi connectivity index (χ0v) is 52.5. The number of methoxy groups -OCH3 is 2. The van der Waals surface area contributed by atoms with Crippen molar-refractivity contribution >= 4 is 82.0 Å². The summed E-state index contributed by atoms with van der Waals surface area (Å²) in [5, 5.41) is 45.4. The van der Waals surface area contributed by atoms with Gasteiger partial charge in [0.1, 0.15) is 58.8 Å². The molecule has 0 aliphatic carbocycles. The number of allylic oxidation sites excluding steroid dienone is 3. The van der Waals surface area contributed by atoms with Crippen molar-refractivity contribution in [1.29, 1.82) is 0 Å². The molecule has 0 aromatic heterocycles. The molecule has 0 radical (unpaired) electrons. The molecule has 10 N–H and O–H groups in total. The average Bonchev–Trinajstić information content (AvgIpc) is 1.70. The monoisotopic (exact) mass is 1270 g/mol. The van der Waals surface area contributed by atoms with Crippen molar-refractivity contribution in [3.05, 3.63) is 87.2 Å². The Balaban J connectivity index is 1.18. The van der Waals surface area contributed by atoms with E-state index in [9.17, 15) is 53.7 Å². The van der Waals surface area contributed by atoms with Crippen LogP contribution >= 0.6 is 23.2 Å². The Morgan fingerprint density at radius 1 is 1.00 bits per heavy atom. The first kappa shape index (κ1) is 70.3. The minimum Gasteiger partial charge on any atom is -0.495 e. The standard InChI is InChI=1S/C60H82Cl2FN9O16/c1-31(2)51(68-46(73)19-12-11-13-23-72-47(74)20-21-48(72)75)54(78)66-39(17-15-22-65-57(64)81)53(77)67-40-28-37(61)36(27-38(40)63)55(79)70(7)34(5)56(80)87-45-29-49(76)71(8)41-25-35(26-42(84-9)50(41)62)24-32(3)16-14-18-44(85-10)60(83)30-43(86-58(82)69-60)33(4)52-59(45,6)88-52/h14,16,18,20-21,25-28,31,33-34,39,43-45,47,51-52,58,69,74,82-83H,11-13,15,17,19,22-24,29-30H2,1-10H3,(H,66,78)(H,67,77)(H,68,73)(H3,64,65,81)/b18-14+,32-16+/t33-,34+,39+,43+,44-,45+,47?,51+,52+,58?,59+,60+/m1/s1. The van der Waals surface area contributed by atoms with Crippen molar-refractivity contribution in [1.82, 2.24) is 31.1 Å². The quantitative estimate of drug-likeness (QED) is 0.0456. The van der Waals surface area contributed by atoms with Crippen molar-refractivity contribution in [3.8, 4) is 5.75 Å². The fourth-order valence-electron chi connectivity index (χ4n) is 10.8. The predicted octanol–water partition coefficient (Wildman–Crippen LogP) is 4.07. The van der Waals surface area contributed by atoms with E-state index in [0.29, 0.717) is 32.2 Å². The summed E-state index contributed by atoms with van der Waals surface area (Å²) in [5.41, 5.74) is 2.90. The minimum atomic E-state index is -1.85. The number of fused-ring (bicyclic) bond motifs is 5. The van der Waals surface area contributed by atoms with Gasteiger partial charge in [-0.05, 0) is 94.7 Å². The van der Waals surface area contributed by atoms with Crippen LogP contribution in [0.15, 0.2) is 60.2 Å². The third-order valence-electron chi connectivity index (χ3n) is 16.3. The second-order valence-electron chi connectivity index (χ2n) is 23.1. The lowest BCUT2D eigenvalue weighted by molar-refractivity contribution is -0.271. The number of nitrogens with one attached hydrogen (secondary N) is 5. The van der Waals surface area contributed by atoms with E-state index in [0.717, 1.165) is 28.2 Å². The van der Waals surface area contributed by atoms with E-state index in [2.05, 4.69) is 26.6 Å². The molecule has 8 amide bonds. The summed E-state index contributed by atoms with van der Waals surface area (Å²) in [6.07, 6.45) is 2.44. The molecular weight excluding hydrogens is 1190 g/mol. The molecule has 484 valence electrons. The molecule has 25 nitrogen and oxygen atoms in total. The van der Waals surface area contributed by atoms with Crippen LogP contribution in [0, 0.1) is 17.7 Å². The number of urea groups is 1. The van der Waals surface area contributed by atoms with E-state index in [1.165, 1.54) is 57.2 Å². The maximum atomic E-state index is 16.2. The number of benzene rings is 2. The summed E-state index contributed by atoms with van der Waals surface area (Å²) < 4.78 is 45.9. The lowest BCUT2D eigenvalue weighted by Gasteiger charge is -2.44.